The lowest BCUT2D eigenvalue weighted by molar-refractivity contribution is 0.132. The van der Waals surface area contributed by atoms with Crippen LogP contribution in [0.5, 0.6) is 0 Å². The van der Waals surface area contributed by atoms with E-state index in [0.29, 0.717) is 12.1 Å². The predicted octanol–water partition coefficient (Wildman–Crippen LogP) is 1.32. The van der Waals surface area contributed by atoms with Crippen LogP contribution in [0.15, 0.2) is 10.9 Å². The molecule has 2 unspecified atom stereocenters. The number of hydrogen-bond acceptors (Lipinski definition) is 5. The molecule has 18 heavy (non-hydrogen) atoms. The first-order valence-electron chi connectivity index (χ1n) is 6.88. The molecule has 1 aliphatic rings. The largest absolute Gasteiger partial charge is 0.343 e. The lowest BCUT2D eigenvalue weighted by Gasteiger charge is -2.39. The Hall–Kier alpha value is -0.940. The van der Waals surface area contributed by atoms with E-state index in [-0.39, 0.29) is 0 Å². The van der Waals surface area contributed by atoms with Crippen LogP contribution in [-0.4, -0.2) is 46.8 Å². The molecule has 102 valence electrons. The number of nitrogens with one attached hydrogen (secondary N) is 1. The number of rotatable bonds is 5. The lowest BCUT2D eigenvalue weighted by Crippen LogP contribution is -2.56. The summed E-state index contributed by atoms with van der Waals surface area (Å²) in [6.07, 6.45) is 3.51. The highest BCUT2D eigenvalue weighted by Gasteiger charge is 2.25. The third-order valence-corrected chi connectivity index (χ3v) is 3.57. The van der Waals surface area contributed by atoms with E-state index in [4.69, 9.17) is 4.52 Å². The van der Waals surface area contributed by atoms with Crippen molar-refractivity contribution in [3.05, 3.63) is 12.2 Å². The molecule has 1 fully saturated rings. The molecular formula is C13H24N4O. The van der Waals surface area contributed by atoms with Gasteiger partial charge in [0.2, 0.25) is 6.39 Å². The van der Waals surface area contributed by atoms with E-state index < -0.39 is 0 Å². The van der Waals surface area contributed by atoms with E-state index in [1.165, 1.54) is 12.8 Å². The van der Waals surface area contributed by atoms with Crippen LogP contribution in [0.3, 0.4) is 0 Å². The highest BCUT2D eigenvalue weighted by Crippen LogP contribution is 2.13. The molecule has 5 heteroatoms. The Labute approximate surface area is 109 Å². The van der Waals surface area contributed by atoms with Crippen LogP contribution in [0.2, 0.25) is 0 Å². The summed E-state index contributed by atoms with van der Waals surface area (Å²) in [7, 11) is 0. The van der Waals surface area contributed by atoms with Crippen LogP contribution in [0.25, 0.3) is 0 Å². The molecule has 0 saturated carbocycles. The van der Waals surface area contributed by atoms with Crippen molar-refractivity contribution >= 4 is 0 Å². The predicted molar refractivity (Wildman–Crippen MR) is 70.3 cm³/mol. The van der Waals surface area contributed by atoms with Gasteiger partial charge in [0.25, 0.3) is 0 Å². The van der Waals surface area contributed by atoms with Gasteiger partial charge < -0.3 is 9.84 Å². The molecule has 0 amide bonds. The Balaban J connectivity index is 1.81. The molecule has 0 aromatic carbocycles. The van der Waals surface area contributed by atoms with Gasteiger partial charge in [-0.3, -0.25) is 4.90 Å². The summed E-state index contributed by atoms with van der Waals surface area (Å²) in [5.74, 6) is 1.55. The third-order valence-electron chi connectivity index (χ3n) is 3.57. The van der Waals surface area contributed by atoms with Crippen molar-refractivity contribution in [2.24, 2.45) is 5.92 Å². The maximum atomic E-state index is 4.76. The standard InChI is InChI=1S/C13H24N4O/c1-10(2)6-12-8-17(11(3)7-14-12)5-4-13-15-9-18-16-13/h9-12,14H,4-8H2,1-3H3. The fourth-order valence-electron chi connectivity index (χ4n) is 2.58. The Morgan fingerprint density at radius 1 is 1.56 bits per heavy atom. The molecule has 5 nitrogen and oxygen atoms in total. The van der Waals surface area contributed by atoms with Gasteiger partial charge in [-0.2, -0.15) is 4.98 Å². The quantitative estimate of drug-likeness (QED) is 0.856. The smallest absolute Gasteiger partial charge is 0.213 e. The number of aromatic nitrogens is 2. The van der Waals surface area contributed by atoms with E-state index in [9.17, 15) is 0 Å². The van der Waals surface area contributed by atoms with E-state index in [0.717, 1.165) is 37.8 Å². The number of piperazine rings is 1. The SMILES string of the molecule is CC(C)CC1CN(CCc2ncon2)C(C)CN1. The van der Waals surface area contributed by atoms with Crippen molar-refractivity contribution in [2.45, 2.75) is 45.7 Å². The van der Waals surface area contributed by atoms with Crippen molar-refractivity contribution in [2.75, 3.05) is 19.6 Å². The van der Waals surface area contributed by atoms with Crippen LogP contribution in [0.1, 0.15) is 33.0 Å². The molecule has 0 bridgehead atoms. The molecule has 1 saturated heterocycles. The first kappa shape index (κ1) is 13.5. The van der Waals surface area contributed by atoms with Gasteiger partial charge in [0.15, 0.2) is 5.82 Å². The van der Waals surface area contributed by atoms with Gasteiger partial charge >= 0.3 is 0 Å². The minimum atomic E-state index is 0.584. The normalized spacial score (nSPS) is 25.8. The van der Waals surface area contributed by atoms with Gasteiger partial charge in [0.1, 0.15) is 0 Å². The Morgan fingerprint density at radius 2 is 2.39 bits per heavy atom. The zero-order valence-electron chi connectivity index (χ0n) is 11.6. The fraction of sp³-hybridized carbons (Fsp3) is 0.846. The van der Waals surface area contributed by atoms with E-state index in [2.05, 4.69) is 41.1 Å². The Bertz CT molecular complexity index is 339. The van der Waals surface area contributed by atoms with E-state index in [1.807, 2.05) is 0 Å². The summed E-state index contributed by atoms with van der Waals surface area (Å²) in [6.45, 7) is 10.0. The van der Waals surface area contributed by atoms with Crippen molar-refractivity contribution in [3.63, 3.8) is 0 Å². The van der Waals surface area contributed by atoms with Gasteiger partial charge in [-0.05, 0) is 19.3 Å². The van der Waals surface area contributed by atoms with Crippen molar-refractivity contribution in [1.82, 2.24) is 20.4 Å². The summed E-state index contributed by atoms with van der Waals surface area (Å²) in [5.41, 5.74) is 0. The lowest BCUT2D eigenvalue weighted by atomic mass is 10.00. The zero-order valence-corrected chi connectivity index (χ0v) is 11.6. The number of nitrogens with zero attached hydrogens (tertiary/aromatic N) is 3. The van der Waals surface area contributed by atoms with Crippen LogP contribution in [-0.2, 0) is 6.42 Å². The molecule has 1 aromatic rings. The zero-order chi connectivity index (χ0) is 13.0. The first-order valence-corrected chi connectivity index (χ1v) is 6.88. The maximum Gasteiger partial charge on any atom is 0.213 e. The summed E-state index contributed by atoms with van der Waals surface area (Å²) in [5, 5.41) is 7.50. The average molecular weight is 252 g/mol. The van der Waals surface area contributed by atoms with Crippen molar-refractivity contribution in [3.8, 4) is 0 Å². The maximum absolute atomic E-state index is 4.76. The van der Waals surface area contributed by atoms with E-state index >= 15 is 0 Å². The molecule has 2 rings (SSSR count). The molecule has 1 aromatic heterocycles. The van der Waals surface area contributed by atoms with Gasteiger partial charge in [-0.25, -0.2) is 0 Å². The summed E-state index contributed by atoms with van der Waals surface area (Å²) >= 11 is 0. The molecular weight excluding hydrogens is 228 g/mol. The highest BCUT2D eigenvalue weighted by molar-refractivity contribution is 4.87. The molecule has 2 heterocycles. The summed E-state index contributed by atoms with van der Waals surface area (Å²) in [6, 6.07) is 1.20. The molecule has 0 spiro atoms. The molecule has 0 aliphatic carbocycles. The number of hydrogen-bond donors (Lipinski definition) is 1. The molecule has 1 N–H and O–H groups in total. The van der Waals surface area contributed by atoms with Crippen LogP contribution >= 0.6 is 0 Å². The monoisotopic (exact) mass is 252 g/mol. The minimum absolute atomic E-state index is 0.584. The van der Waals surface area contributed by atoms with Gasteiger partial charge in [0, 0.05) is 38.1 Å². The first-order chi connectivity index (χ1) is 8.65. The van der Waals surface area contributed by atoms with Crippen LogP contribution < -0.4 is 5.32 Å². The average Bonchev–Trinajstić information content (AvgIpc) is 2.82. The van der Waals surface area contributed by atoms with Gasteiger partial charge in [-0.1, -0.05) is 19.0 Å². The second kappa shape index (κ2) is 6.29. The topological polar surface area (TPSA) is 54.2 Å². The van der Waals surface area contributed by atoms with Crippen molar-refractivity contribution < 1.29 is 4.52 Å². The molecule has 2 atom stereocenters. The van der Waals surface area contributed by atoms with Gasteiger partial charge in [-0.15, -0.1) is 0 Å². The van der Waals surface area contributed by atoms with Crippen LogP contribution in [0.4, 0.5) is 0 Å². The molecule has 0 radical (unpaired) electrons. The van der Waals surface area contributed by atoms with E-state index in [1.54, 1.807) is 0 Å². The second-order valence-electron chi connectivity index (χ2n) is 5.68. The Kier molecular flexibility index (Phi) is 4.72. The summed E-state index contributed by atoms with van der Waals surface area (Å²) in [4.78, 5) is 6.60. The Morgan fingerprint density at radius 3 is 3.06 bits per heavy atom. The van der Waals surface area contributed by atoms with Crippen LogP contribution in [0, 0.1) is 5.92 Å². The minimum Gasteiger partial charge on any atom is -0.343 e. The van der Waals surface area contributed by atoms with Crippen molar-refractivity contribution in [1.29, 1.82) is 0 Å². The fourth-order valence-corrected chi connectivity index (χ4v) is 2.58. The highest BCUT2D eigenvalue weighted by atomic mass is 16.5. The molecule has 1 aliphatic heterocycles. The second-order valence-corrected chi connectivity index (χ2v) is 5.68. The third kappa shape index (κ3) is 3.78. The summed E-state index contributed by atoms with van der Waals surface area (Å²) < 4.78 is 4.76. The van der Waals surface area contributed by atoms with Gasteiger partial charge in [0.05, 0.1) is 0 Å².